The zero-order chi connectivity index (χ0) is 5.11. The summed E-state index contributed by atoms with van der Waals surface area (Å²) in [5.74, 6) is 0. The fourth-order valence-corrected chi connectivity index (χ4v) is 2.27. The lowest BCUT2D eigenvalue weighted by atomic mass is 10.5. The van der Waals surface area contributed by atoms with E-state index in [1.807, 2.05) is 12.2 Å². The summed E-state index contributed by atoms with van der Waals surface area (Å²) in [6, 6.07) is 0. The Morgan fingerprint density at radius 3 is 2.71 bits per heavy atom. The van der Waals surface area contributed by atoms with Crippen LogP contribution < -0.4 is 0 Å². The molecular weight excluding hydrogens is 222 g/mol. The van der Waals surface area contributed by atoms with Crippen molar-refractivity contribution in [2.45, 2.75) is 0 Å². The van der Waals surface area contributed by atoms with Gasteiger partial charge in [0.25, 0.3) is 0 Å². The third-order valence-corrected chi connectivity index (χ3v) is 2.39. The molecule has 0 N–H and O–H groups in total. The third kappa shape index (κ3) is 1.74. The minimum absolute atomic E-state index is 0.221. The quantitative estimate of drug-likeness (QED) is 0.557. The van der Waals surface area contributed by atoms with E-state index >= 15 is 0 Å². The van der Waals surface area contributed by atoms with Crippen molar-refractivity contribution in [1.29, 1.82) is 0 Å². The smallest absolute Gasteiger partial charge is 0.0414 e. The topological polar surface area (TPSA) is 0 Å². The largest absolute Gasteiger partial charge is 0.0936 e. The lowest BCUT2D eigenvalue weighted by Gasteiger charge is -1.86. The van der Waals surface area contributed by atoms with Crippen LogP contribution in [-0.4, -0.2) is 4.01 Å². The first-order valence-corrected chi connectivity index (χ1v) is 4.74. The number of rotatable bonds is 0. The van der Waals surface area contributed by atoms with E-state index in [9.17, 15) is 0 Å². The van der Waals surface area contributed by atoms with Crippen molar-refractivity contribution in [1.82, 2.24) is 0 Å². The van der Waals surface area contributed by atoms with Gasteiger partial charge in [0.05, 0.1) is 0 Å². The van der Waals surface area contributed by atoms with Crippen molar-refractivity contribution >= 4 is 36.3 Å². The summed E-state index contributed by atoms with van der Waals surface area (Å²) in [5, 5.41) is 0.853. The van der Waals surface area contributed by atoms with Gasteiger partial charge in [-0.05, 0) is 20.2 Å². The molecule has 1 heterocycles. The summed E-state index contributed by atoms with van der Waals surface area (Å²) in [5.41, 5.74) is 0. The van der Waals surface area contributed by atoms with E-state index < -0.39 is 0 Å². The fourth-order valence-electron chi connectivity index (χ4n) is 0.291. The number of hydrogen-bond acceptors (Lipinski definition) is 0. The van der Waals surface area contributed by atoms with Crippen LogP contribution in [-0.2, 0) is 0 Å². The highest BCUT2D eigenvalue weighted by molar-refractivity contribution is 14.2. The van der Waals surface area contributed by atoms with Crippen LogP contribution >= 0.6 is 32.3 Å². The number of allylic oxidation sites excluding steroid dienone is 3. The van der Waals surface area contributed by atoms with Crippen LogP contribution in [0.3, 0.4) is 0 Å². The zero-order valence-electron chi connectivity index (χ0n) is 3.57. The van der Waals surface area contributed by atoms with Crippen molar-refractivity contribution in [2.75, 3.05) is 0 Å². The molecule has 7 heavy (non-hydrogen) atoms. The molecule has 0 aromatic heterocycles. The van der Waals surface area contributed by atoms with E-state index in [-0.39, 0.29) is 20.7 Å². The highest BCUT2D eigenvalue weighted by Crippen LogP contribution is 2.11. The molecule has 2 heteroatoms. The predicted octanol–water partition coefficient (Wildman–Crippen LogP) is 2.41. The van der Waals surface area contributed by atoms with Gasteiger partial charge in [-0.3, -0.25) is 0 Å². The SMILES string of the molecule is ClC1=CC=IC=C1. The Morgan fingerprint density at radius 2 is 2.43 bits per heavy atom. The second-order valence-corrected chi connectivity index (χ2v) is 3.69. The molecule has 0 nitrogen and oxygen atoms in total. The number of halogens is 2. The first kappa shape index (κ1) is 5.51. The Labute approximate surface area is 57.6 Å². The first-order valence-electron chi connectivity index (χ1n) is 1.87. The van der Waals surface area contributed by atoms with Crippen LogP contribution in [0.25, 0.3) is 0 Å². The van der Waals surface area contributed by atoms with Crippen molar-refractivity contribution in [3.63, 3.8) is 0 Å². The highest BCUT2D eigenvalue weighted by Gasteiger charge is 1.82. The summed E-state index contributed by atoms with van der Waals surface area (Å²) in [4.78, 5) is 0. The molecule has 1 aliphatic rings. The van der Waals surface area contributed by atoms with Gasteiger partial charge in [0.15, 0.2) is 0 Å². The molecule has 1 rings (SSSR count). The molecular formula is C5H4ClI. The van der Waals surface area contributed by atoms with Crippen LogP contribution in [0.15, 0.2) is 21.3 Å². The van der Waals surface area contributed by atoms with Gasteiger partial charge in [-0.1, -0.05) is 32.3 Å². The normalized spacial score (nSPS) is 18.1. The standard InChI is InChI=1S/C5H4ClI/c6-5-1-3-7-4-2-5/h1-4H. The molecule has 0 spiro atoms. The Morgan fingerprint density at radius 1 is 1.57 bits per heavy atom. The van der Waals surface area contributed by atoms with E-state index in [1.165, 1.54) is 0 Å². The zero-order valence-corrected chi connectivity index (χ0v) is 6.48. The monoisotopic (exact) mass is 226 g/mol. The molecule has 0 radical (unpaired) electrons. The summed E-state index contributed by atoms with van der Waals surface area (Å²) in [6.45, 7) is 0. The predicted molar refractivity (Wildman–Crippen MR) is 43.2 cm³/mol. The van der Waals surface area contributed by atoms with E-state index in [1.54, 1.807) is 0 Å². The van der Waals surface area contributed by atoms with Gasteiger partial charge >= 0.3 is 0 Å². The molecule has 1 aliphatic heterocycles. The summed E-state index contributed by atoms with van der Waals surface area (Å²) >= 11 is 5.80. The Kier molecular flexibility index (Phi) is 2.06. The molecule has 0 aromatic carbocycles. The maximum absolute atomic E-state index is 5.58. The molecule has 0 bridgehead atoms. The van der Waals surface area contributed by atoms with Crippen molar-refractivity contribution in [3.05, 3.63) is 21.3 Å². The van der Waals surface area contributed by atoms with E-state index in [0.29, 0.717) is 0 Å². The minimum Gasteiger partial charge on any atom is -0.0936 e. The van der Waals surface area contributed by atoms with Gasteiger partial charge in [0.2, 0.25) is 0 Å². The maximum atomic E-state index is 5.58. The van der Waals surface area contributed by atoms with Crippen molar-refractivity contribution in [2.24, 2.45) is 0 Å². The molecule has 0 saturated carbocycles. The van der Waals surface area contributed by atoms with Crippen LogP contribution in [0.1, 0.15) is 0 Å². The molecule has 38 valence electrons. The molecule has 0 saturated heterocycles. The fraction of sp³-hybridized carbons (Fsp3) is 0. The van der Waals surface area contributed by atoms with Gasteiger partial charge in [-0.15, -0.1) is 0 Å². The Bertz CT molecular complexity index is 144. The van der Waals surface area contributed by atoms with Gasteiger partial charge in [0, 0.05) is 5.03 Å². The summed E-state index contributed by atoms with van der Waals surface area (Å²) < 4.78 is 4.28. The molecule has 0 amide bonds. The van der Waals surface area contributed by atoms with Crippen molar-refractivity contribution < 1.29 is 0 Å². The second kappa shape index (κ2) is 2.62. The summed E-state index contributed by atoms with van der Waals surface area (Å²) in [7, 11) is 0. The van der Waals surface area contributed by atoms with Crippen LogP contribution in [0, 0.1) is 0 Å². The third-order valence-electron chi connectivity index (χ3n) is 0.590. The Balaban J connectivity index is 2.82. The highest BCUT2D eigenvalue weighted by atomic mass is 127. The average Bonchev–Trinajstić information content (AvgIpc) is 1.69. The maximum Gasteiger partial charge on any atom is 0.0414 e. The van der Waals surface area contributed by atoms with Gasteiger partial charge in [-0.2, -0.15) is 0 Å². The molecule has 0 unspecified atom stereocenters. The molecule has 0 aromatic rings. The van der Waals surface area contributed by atoms with Crippen LogP contribution in [0.2, 0.25) is 0 Å². The average molecular weight is 226 g/mol. The first-order chi connectivity index (χ1) is 3.39. The number of hydrogen-bond donors (Lipinski definition) is 0. The van der Waals surface area contributed by atoms with Gasteiger partial charge < -0.3 is 0 Å². The van der Waals surface area contributed by atoms with Crippen molar-refractivity contribution in [3.8, 4) is 0 Å². The lowest BCUT2D eigenvalue weighted by molar-refractivity contribution is 1.98. The minimum atomic E-state index is 0.221. The molecule has 0 fully saturated rings. The summed E-state index contributed by atoms with van der Waals surface area (Å²) in [6.07, 6.45) is 3.91. The Hall–Kier alpha value is 0.370. The van der Waals surface area contributed by atoms with Crippen LogP contribution in [0.4, 0.5) is 0 Å². The van der Waals surface area contributed by atoms with E-state index in [4.69, 9.17) is 11.6 Å². The van der Waals surface area contributed by atoms with Crippen LogP contribution in [0.5, 0.6) is 0 Å². The second-order valence-electron chi connectivity index (χ2n) is 1.10. The van der Waals surface area contributed by atoms with E-state index in [2.05, 4.69) is 8.09 Å². The molecule has 0 atom stereocenters. The lowest BCUT2D eigenvalue weighted by Crippen LogP contribution is -1.65. The van der Waals surface area contributed by atoms with Gasteiger partial charge in [-0.25, -0.2) is 0 Å². The van der Waals surface area contributed by atoms with E-state index in [0.717, 1.165) is 5.03 Å². The van der Waals surface area contributed by atoms with Gasteiger partial charge in [0.1, 0.15) is 0 Å². The molecule has 0 aliphatic carbocycles.